The van der Waals surface area contributed by atoms with Crippen LogP contribution in [0.4, 0.5) is 11.4 Å². The average molecular weight is 308 g/mol. The zero-order chi connectivity index (χ0) is 15.6. The van der Waals surface area contributed by atoms with Crippen LogP contribution in [0, 0.1) is 0 Å². The van der Waals surface area contributed by atoms with Crippen LogP contribution in [0.15, 0.2) is 48.5 Å². The summed E-state index contributed by atoms with van der Waals surface area (Å²) in [6.07, 6.45) is 1.32. The number of nitrogens with zero attached hydrogens (tertiary/aromatic N) is 2. The van der Waals surface area contributed by atoms with Gasteiger partial charge in [0.05, 0.1) is 12.2 Å². The molecular formula is C19H20N2O2. The number of aryl methyl sites for hydroxylation is 1. The zero-order valence-corrected chi connectivity index (χ0v) is 13.1. The van der Waals surface area contributed by atoms with Crippen LogP contribution < -0.4 is 14.5 Å². The first kappa shape index (κ1) is 14.1. The van der Waals surface area contributed by atoms with E-state index < -0.39 is 0 Å². The van der Waals surface area contributed by atoms with Crippen molar-refractivity contribution in [1.29, 1.82) is 0 Å². The predicted molar refractivity (Wildman–Crippen MR) is 91.3 cm³/mol. The standard InChI is InChI=1S/C19H20N2O2/c22-18(10-9-15-5-2-1-3-6-15)21-12-11-20-13-14-23-17-8-4-7-16(21)19(17)20/h1-8H,9-14H2. The maximum absolute atomic E-state index is 12.7. The van der Waals surface area contributed by atoms with Crippen molar-refractivity contribution in [2.75, 3.05) is 36.0 Å². The van der Waals surface area contributed by atoms with Crippen LogP contribution in [-0.4, -0.2) is 32.1 Å². The number of amides is 1. The van der Waals surface area contributed by atoms with E-state index in [0.29, 0.717) is 6.42 Å². The highest BCUT2D eigenvalue weighted by atomic mass is 16.5. The Morgan fingerprint density at radius 3 is 2.74 bits per heavy atom. The van der Waals surface area contributed by atoms with Crippen molar-refractivity contribution >= 4 is 17.3 Å². The molecule has 4 heteroatoms. The van der Waals surface area contributed by atoms with E-state index in [0.717, 1.165) is 49.8 Å². The van der Waals surface area contributed by atoms with Gasteiger partial charge in [0.15, 0.2) is 0 Å². The summed E-state index contributed by atoms with van der Waals surface area (Å²) in [4.78, 5) is 17.0. The summed E-state index contributed by atoms with van der Waals surface area (Å²) in [7, 11) is 0. The Hall–Kier alpha value is -2.49. The predicted octanol–water partition coefficient (Wildman–Crippen LogP) is 2.86. The van der Waals surface area contributed by atoms with Gasteiger partial charge in [-0.25, -0.2) is 0 Å². The molecule has 2 aromatic carbocycles. The maximum atomic E-state index is 12.7. The lowest BCUT2D eigenvalue weighted by molar-refractivity contribution is -0.118. The molecule has 0 spiro atoms. The molecule has 0 atom stereocenters. The van der Waals surface area contributed by atoms with Crippen molar-refractivity contribution in [3.63, 3.8) is 0 Å². The number of carbonyl (C=O) groups is 1. The van der Waals surface area contributed by atoms with Crippen molar-refractivity contribution in [2.24, 2.45) is 0 Å². The van der Waals surface area contributed by atoms with E-state index in [2.05, 4.69) is 17.0 Å². The molecule has 2 aliphatic rings. The van der Waals surface area contributed by atoms with E-state index in [9.17, 15) is 4.79 Å². The average Bonchev–Trinajstić information content (AvgIpc) is 2.61. The second-order valence-corrected chi connectivity index (χ2v) is 5.99. The molecule has 0 radical (unpaired) electrons. The van der Waals surface area contributed by atoms with Crippen molar-refractivity contribution in [3.8, 4) is 5.75 Å². The van der Waals surface area contributed by atoms with E-state index in [1.165, 1.54) is 5.56 Å². The van der Waals surface area contributed by atoms with Gasteiger partial charge in [-0.15, -0.1) is 0 Å². The van der Waals surface area contributed by atoms with E-state index in [-0.39, 0.29) is 5.91 Å². The number of hydrogen-bond donors (Lipinski definition) is 0. The number of ether oxygens (including phenoxy) is 1. The highest BCUT2D eigenvalue weighted by Gasteiger charge is 2.31. The lowest BCUT2D eigenvalue weighted by Crippen LogP contribution is -2.47. The minimum atomic E-state index is 0.187. The van der Waals surface area contributed by atoms with Crippen LogP contribution >= 0.6 is 0 Å². The zero-order valence-electron chi connectivity index (χ0n) is 13.1. The monoisotopic (exact) mass is 308 g/mol. The molecule has 0 aliphatic carbocycles. The molecule has 2 heterocycles. The van der Waals surface area contributed by atoms with Gasteiger partial charge in [0.2, 0.25) is 5.91 Å². The largest absolute Gasteiger partial charge is 0.489 e. The summed E-state index contributed by atoms with van der Waals surface area (Å²) in [6, 6.07) is 16.2. The Kier molecular flexibility index (Phi) is 3.66. The first-order valence-electron chi connectivity index (χ1n) is 8.18. The summed E-state index contributed by atoms with van der Waals surface area (Å²) >= 11 is 0. The van der Waals surface area contributed by atoms with Gasteiger partial charge in [-0.3, -0.25) is 4.79 Å². The molecular weight excluding hydrogens is 288 g/mol. The van der Waals surface area contributed by atoms with Gasteiger partial charge < -0.3 is 14.5 Å². The lowest BCUT2D eigenvalue weighted by Gasteiger charge is -2.41. The third kappa shape index (κ3) is 2.65. The van der Waals surface area contributed by atoms with Crippen molar-refractivity contribution in [3.05, 3.63) is 54.1 Å². The van der Waals surface area contributed by atoms with Crippen LogP contribution in [0.2, 0.25) is 0 Å². The Morgan fingerprint density at radius 1 is 1.00 bits per heavy atom. The summed E-state index contributed by atoms with van der Waals surface area (Å²) in [6.45, 7) is 3.25. The Balaban J connectivity index is 1.54. The SMILES string of the molecule is O=C(CCc1ccccc1)N1CCN2CCOc3cccc1c32. The molecule has 0 N–H and O–H groups in total. The molecule has 0 fully saturated rings. The normalized spacial score (nSPS) is 15.8. The summed E-state index contributed by atoms with van der Waals surface area (Å²) in [5.74, 6) is 1.08. The fraction of sp³-hybridized carbons (Fsp3) is 0.316. The first-order chi connectivity index (χ1) is 11.3. The van der Waals surface area contributed by atoms with Crippen LogP contribution in [-0.2, 0) is 11.2 Å². The molecule has 0 bridgehead atoms. The molecule has 2 aliphatic heterocycles. The summed E-state index contributed by atoms with van der Waals surface area (Å²) in [5, 5.41) is 0. The van der Waals surface area contributed by atoms with Gasteiger partial charge in [0.1, 0.15) is 18.0 Å². The van der Waals surface area contributed by atoms with Gasteiger partial charge >= 0.3 is 0 Å². The minimum Gasteiger partial charge on any atom is -0.489 e. The van der Waals surface area contributed by atoms with Gasteiger partial charge in [-0.05, 0) is 24.1 Å². The molecule has 4 rings (SSSR count). The highest BCUT2D eigenvalue weighted by molar-refractivity contribution is 5.99. The molecule has 118 valence electrons. The molecule has 1 amide bonds. The Bertz CT molecular complexity index is 715. The van der Waals surface area contributed by atoms with Crippen molar-refractivity contribution in [1.82, 2.24) is 0 Å². The molecule has 23 heavy (non-hydrogen) atoms. The number of carbonyl (C=O) groups excluding carboxylic acids is 1. The minimum absolute atomic E-state index is 0.187. The molecule has 0 aromatic heterocycles. The van der Waals surface area contributed by atoms with Gasteiger partial charge in [0, 0.05) is 19.5 Å². The highest BCUT2D eigenvalue weighted by Crippen LogP contribution is 2.42. The van der Waals surface area contributed by atoms with Gasteiger partial charge in [0.25, 0.3) is 0 Å². The van der Waals surface area contributed by atoms with E-state index >= 15 is 0 Å². The summed E-state index contributed by atoms with van der Waals surface area (Å²) < 4.78 is 5.75. The second kappa shape index (κ2) is 5.95. The van der Waals surface area contributed by atoms with Crippen LogP contribution in [0.5, 0.6) is 5.75 Å². The van der Waals surface area contributed by atoms with E-state index in [1.54, 1.807) is 0 Å². The number of benzene rings is 2. The Labute approximate surface area is 136 Å². The lowest BCUT2D eigenvalue weighted by atomic mass is 10.1. The number of anilines is 2. The molecule has 0 unspecified atom stereocenters. The van der Waals surface area contributed by atoms with Crippen molar-refractivity contribution in [2.45, 2.75) is 12.8 Å². The van der Waals surface area contributed by atoms with E-state index in [1.807, 2.05) is 41.3 Å². The Morgan fingerprint density at radius 2 is 1.87 bits per heavy atom. The molecule has 4 nitrogen and oxygen atoms in total. The second-order valence-electron chi connectivity index (χ2n) is 5.99. The van der Waals surface area contributed by atoms with Crippen LogP contribution in [0.25, 0.3) is 0 Å². The fourth-order valence-electron chi connectivity index (χ4n) is 3.40. The van der Waals surface area contributed by atoms with Crippen LogP contribution in [0.3, 0.4) is 0 Å². The molecule has 0 saturated carbocycles. The third-order valence-corrected chi connectivity index (χ3v) is 4.57. The third-order valence-electron chi connectivity index (χ3n) is 4.57. The number of rotatable bonds is 3. The quantitative estimate of drug-likeness (QED) is 0.874. The first-order valence-corrected chi connectivity index (χ1v) is 8.18. The van der Waals surface area contributed by atoms with E-state index in [4.69, 9.17) is 4.74 Å². The summed E-state index contributed by atoms with van der Waals surface area (Å²) in [5.41, 5.74) is 3.28. The van der Waals surface area contributed by atoms with Crippen LogP contribution in [0.1, 0.15) is 12.0 Å². The molecule has 0 saturated heterocycles. The van der Waals surface area contributed by atoms with Gasteiger partial charge in [-0.1, -0.05) is 36.4 Å². The number of para-hydroxylation sites is 1. The van der Waals surface area contributed by atoms with Gasteiger partial charge in [-0.2, -0.15) is 0 Å². The topological polar surface area (TPSA) is 32.8 Å². The molecule has 2 aromatic rings. The fourth-order valence-corrected chi connectivity index (χ4v) is 3.40. The maximum Gasteiger partial charge on any atom is 0.227 e. The number of hydrogen-bond acceptors (Lipinski definition) is 3. The van der Waals surface area contributed by atoms with Crippen molar-refractivity contribution < 1.29 is 9.53 Å². The smallest absolute Gasteiger partial charge is 0.227 e.